The van der Waals surface area contributed by atoms with E-state index in [-0.39, 0.29) is 24.5 Å². The van der Waals surface area contributed by atoms with Gasteiger partial charge in [-0.25, -0.2) is 4.39 Å². The number of fused-ring (bicyclic) bond motifs is 1. The van der Waals surface area contributed by atoms with Gasteiger partial charge in [-0.05, 0) is 45.7 Å². The number of nitrogens with zero attached hydrogens (tertiary/aromatic N) is 3. The molecule has 0 spiro atoms. The molecule has 1 saturated heterocycles. The smallest absolute Gasteiger partial charge is 0.309 e. The number of nitrogens with one attached hydrogen (secondary N) is 1. The Bertz CT molecular complexity index is 1140. The van der Waals surface area contributed by atoms with Gasteiger partial charge in [-0.1, -0.05) is 0 Å². The second kappa shape index (κ2) is 8.93. The number of carboxylic acids is 1. The maximum atomic E-state index is 15.3. The van der Waals surface area contributed by atoms with Gasteiger partial charge in [0.1, 0.15) is 11.4 Å². The summed E-state index contributed by atoms with van der Waals surface area (Å²) in [5.74, 6) is -2.46. The first kappa shape index (κ1) is 18.7. The molecule has 1 aromatic heterocycles. The SMILES string of the molecule is [2H]C1C([2H])C(O)(CC(=O)OC(C)(C)C)C([2H])C([2H])N1c1cc2c(cc1F)c(NCCC(=O)O)nn2C. The Kier molecular flexibility index (Phi) is 5.21. The van der Waals surface area contributed by atoms with Crippen LogP contribution in [-0.4, -0.2) is 62.7 Å². The van der Waals surface area contributed by atoms with Crippen LogP contribution >= 0.6 is 0 Å². The number of aliphatic carboxylic acids is 1. The highest BCUT2D eigenvalue weighted by Crippen LogP contribution is 2.34. The molecule has 4 unspecified atom stereocenters. The molecule has 2 aromatic rings. The van der Waals surface area contributed by atoms with Gasteiger partial charge < -0.3 is 25.2 Å². The molecule has 0 radical (unpaired) electrons. The van der Waals surface area contributed by atoms with Gasteiger partial charge in [0.25, 0.3) is 0 Å². The van der Waals surface area contributed by atoms with E-state index >= 15 is 4.39 Å². The van der Waals surface area contributed by atoms with Gasteiger partial charge in [0.05, 0.1) is 29.6 Å². The number of rotatable bonds is 7. The quantitative estimate of drug-likeness (QED) is 0.547. The minimum Gasteiger partial charge on any atom is -0.481 e. The Hall–Kier alpha value is -2.88. The van der Waals surface area contributed by atoms with Crippen molar-refractivity contribution in [2.75, 3.05) is 29.8 Å². The maximum absolute atomic E-state index is 15.3. The summed E-state index contributed by atoms with van der Waals surface area (Å²) in [4.78, 5) is 24.0. The Morgan fingerprint density at radius 1 is 1.34 bits per heavy atom. The minimum atomic E-state index is -2.36. The third kappa shape index (κ3) is 5.67. The summed E-state index contributed by atoms with van der Waals surface area (Å²) >= 11 is 0. The van der Waals surface area contributed by atoms with E-state index < -0.39 is 61.2 Å². The predicted molar refractivity (Wildman–Crippen MR) is 118 cm³/mol. The Morgan fingerprint density at radius 2 is 2.00 bits per heavy atom. The number of aliphatic hydroxyl groups is 1. The summed E-state index contributed by atoms with van der Waals surface area (Å²) in [6, 6.07) is 2.46. The lowest BCUT2D eigenvalue weighted by atomic mass is 9.88. The molecular formula is C22H31FN4O5. The largest absolute Gasteiger partial charge is 0.481 e. The number of ether oxygens (including phenoxy) is 1. The molecule has 1 aliphatic rings. The molecule has 1 aliphatic heterocycles. The van der Waals surface area contributed by atoms with Crippen LogP contribution in [0.2, 0.25) is 0 Å². The third-order valence-electron chi connectivity index (χ3n) is 4.72. The van der Waals surface area contributed by atoms with E-state index in [1.807, 2.05) is 0 Å². The molecule has 0 amide bonds. The summed E-state index contributed by atoms with van der Waals surface area (Å²) < 4.78 is 55.9. The number of aryl methyl sites for hydroxylation is 1. The van der Waals surface area contributed by atoms with Crippen LogP contribution < -0.4 is 10.2 Å². The maximum Gasteiger partial charge on any atom is 0.309 e. The van der Waals surface area contributed by atoms with Crippen LogP contribution in [-0.2, 0) is 21.4 Å². The molecule has 9 nitrogen and oxygen atoms in total. The van der Waals surface area contributed by atoms with E-state index in [1.54, 1.807) is 27.8 Å². The normalized spacial score (nSPS) is 30.2. The lowest BCUT2D eigenvalue weighted by molar-refractivity contribution is -0.161. The van der Waals surface area contributed by atoms with Crippen molar-refractivity contribution in [3.05, 3.63) is 17.9 Å². The number of carboxylic acid groups (broad SMARTS) is 1. The number of hydrogen-bond acceptors (Lipinski definition) is 7. The lowest BCUT2D eigenvalue weighted by Gasteiger charge is -2.39. The van der Waals surface area contributed by atoms with Crippen LogP contribution in [0.15, 0.2) is 12.1 Å². The van der Waals surface area contributed by atoms with Gasteiger partial charge in [0, 0.05) is 37.5 Å². The van der Waals surface area contributed by atoms with Gasteiger partial charge in [0.15, 0.2) is 5.82 Å². The fraction of sp³-hybridized carbons (Fsp3) is 0.591. The van der Waals surface area contributed by atoms with Gasteiger partial charge in [-0.15, -0.1) is 0 Å². The Labute approximate surface area is 191 Å². The number of carbonyl (C=O) groups excluding carboxylic acids is 1. The van der Waals surface area contributed by atoms with Gasteiger partial charge in [0.2, 0.25) is 0 Å². The van der Waals surface area contributed by atoms with Crippen LogP contribution in [0.4, 0.5) is 15.9 Å². The summed E-state index contributed by atoms with van der Waals surface area (Å²) in [7, 11) is 1.58. The number of anilines is 2. The molecule has 0 aliphatic carbocycles. The zero-order valence-corrected chi connectivity index (χ0v) is 18.4. The average molecular weight is 455 g/mol. The fourth-order valence-electron chi connectivity index (χ4n) is 3.29. The molecular weight excluding hydrogens is 419 g/mol. The molecule has 0 bridgehead atoms. The van der Waals surface area contributed by atoms with Crippen molar-refractivity contribution >= 4 is 34.3 Å². The molecule has 1 aromatic carbocycles. The molecule has 0 saturated carbocycles. The first-order valence-corrected chi connectivity index (χ1v) is 10.1. The van der Waals surface area contributed by atoms with Crippen molar-refractivity contribution in [1.29, 1.82) is 0 Å². The minimum absolute atomic E-state index is 0.0673. The summed E-state index contributed by atoms with van der Waals surface area (Å²) in [6.07, 6.45) is -4.41. The zero-order chi connectivity index (χ0) is 27.2. The number of esters is 1. The molecule has 1 fully saturated rings. The highest BCUT2D eigenvalue weighted by Gasteiger charge is 2.36. The molecule has 3 rings (SSSR count). The standard InChI is InChI=1S/C22H31FN4O5/c1-21(2,3)32-19(30)13-22(31)6-9-27(10-7-22)17-12-16-14(11-15(17)23)20(25-26(16)4)24-8-5-18(28)29/h11-12,31H,5-10,13H2,1-4H3,(H,24,25)(H,28,29)/i6D,7D,9D,10D. The zero-order valence-electron chi connectivity index (χ0n) is 22.4. The van der Waals surface area contributed by atoms with Gasteiger partial charge in [-0.3, -0.25) is 14.3 Å². The van der Waals surface area contributed by atoms with E-state index in [0.717, 1.165) is 11.0 Å². The van der Waals surface area contributed by atoms with Crippen molar-refractivity contribution in [1.82, 2.24) is 9.78 Å². The van der Waals surface area contributed by atoms with E-state index in [9.17, 15) is 14.7 Å². The van der Waals surface area contributed by atoms with Crippen LogP contribution in [0.1, 0.15) is 51.9 Å². The van der Waals surface area contributed by atoms with Crippen molar-refractivity contribution in [3.63, 3.8) is 0 Å². The third-order valence-corrected chi connectivity index (χ3v) is 4.72. The predicted octanol–water partition coefficient (Wildman–Crippen LogP) is 2.66. The molecule has 3 N–H and O–H groups in total. The number of hydrogen-bond donors (Lipinski definition) is 3. The second-order valence-corrected chi connectivity index (χ2v) is 8.66. The van der Waals surface area contributed by atoms with E-state index in [2.05, 4.69) is 10.4 Å². The first-order chi connectivity index (χ1) is 16.6. The number of halogens is 1. The second-order valence-electron chi connectivity index (χ2n) is 8.66. The number of aromatic nitrogens is 2. The van der Waals surface area contributed by atoms with E-state index in [1.165, 1.54) is 10.7 Å². The van der Waals surface area contributed by atoms with Crippen LogP contribution in [0.25, 0.3) is 10.9 Å². The van der Waals surface area contributed by atoms with Gasteiger partial charge in [-0.2, -0.15) is 5.10 Å². The Balaban J connectivity index is 1.94. The van der Waals surface area contributed by atoms with Crippen molar-refractivity contribution in [3.8, 4) is 0 Å². The van der Waals surface area contributed by atoms with Crippen LogP contribution in [0, 0.1) is 5.82 Å². The number of benzene rings is 1. The van der Waals surface area contributed by atoms with Crippen molar-refractivity contribution in [2.45, 2.75) is 57.6 Å². The number of carbonyl (C=O) groups is 2. The summed E-state index contributed by atoms with van der Waals surface area (Å²) in [5.41, 5.74) is -3.04. The van der Waals surface area contributed by atoms with Crippen LogP contribution in [0.5, 0.6) is 0 Å². The fourth-order valence-corrected chi connectivity index (χ4v) is 3.29. The van der Waals surface area contributed by atoms with E-state index in [4.69, 9.17) is 15.3 Å². The Morgan fingerprint density at radius 3 is 2.59 bits per heavy atom. The average Bonchev–Trinajstić information content (AvgIpc) is 3.04. The topological polar surface area (TPSA) is 117 Å². The summed E-state index contributed by atoms with van der Waals surface area (Å²) in [5, 5.41) is 27.3. The van der Waals surface area contributed by atoms with Gasteiger partial charge >= 0.3 is 11.9 Å². The number of piperidine rings is 1. The molecule has 10 heteroatoms. The first-order valence-electron chi connectivity index (χ1n) is 12.4. The molecule has 176 valence electrons. The summed E-state index contributed by atoms with van der Waals surface area (Å²) in [6.45, 7) is 1.60. The lowest BCUT2D eigenvalue weighted by Crippen LogP contribution is -2.46. The molecule has 2 heterocycles. The molecule has 32 heavy (non-hydrogen) atoms. The highest BCUT2D eigenvalue weighted by molar-refractivity contribution is 5.92. The van der Waals surface area contributed by atoms with Crippen LogP contribution in [0.3, 0.4) is 0 Å². The van der Waals surface area contributed by atoms with E-state index in [0.29, 0.717) is 10.9 Å². The monoisotopic (exact) mass is 454 g/mol. The van der Waals surface area contributed by atoms with Crippen molar-refractivity contribution in [2.24, 2.45) is 7.05 Å². The highest BCUT2D eigenvalue weighted by atomic mass is 19.1. The van der Waals surface area contributed by atoms with Crippen molar-refractivity contribution < 1.29 is 34.4 Å². The molecule has 4 atom stereocenters.